The van der Waals surface area contributed by atoms with Crippen molar-refractivity contribution >= 4 is 54.8 Å². The monoisotopic (exact) mass is 408 g/mol. The first-order valence-electron chi connectivity index (χ1n) is 5.80. The molecular weight excluding hydrogens is 399 g/mol. The molecule has 0 bridgehead atoms. The molecular formula is C13H11BrCl2N2O2S. The van der Waals surface area contributed by atoms with Crippen molar-refractivity contribution in [3.05, 3.63) is 56.5 Å². The minimum Gasteiger partial charge on any atom is -0.326 e. The highest BCUT2D eigenvalue weighted by Crippen LogP contribution is 2.29. The Morgan fingerprint density at radius 2 is 1.86 bits per heavy atom. The number of nitrogens with two attached hydrogens (primary N) is 1. The largest absolute Gasteiger partial charge is 0.326 e. The van der Waals surface area contributed by atoms with Gasteiger partial charge in [-0.2, -0.15) is 0 Å². The molecule has 0 heterocycles. The summed E-state index contributed by atoms with van der Waals surface area (Å²) in [6.07, 6.45) is 0. The highest BCUT2D eigenvalue weighted by molar-refractivity contribution is 9.10. The van der Waals surface area contributed by atoms with Gasteiger partial charge in [-0.05, 0) is 57.9 Å². The topological polar surface area (TPSA) is 72.2 Å². The van der Waals surface area contributed by atoms with Crippen LogP contribution in [0.15, 0.2) is 45.8 Å². The molecule has 0 amide bonds. The van der Waals surface area contributed by atoms with Crippen molar-refractivity contribution in [3.8, 4) is 0 Å². The lowest BCUT2D eigenvalue weighted by atomic mass is 10.2. The second kappa shape index (κ2) is 6.54. The quantitative estimate of drug-likeness (QED) is 0.800. The van der Waals surface area contributed by atoms with Crippen molar-refractivity contribution in [1.82, 2.24) is 0 Å². The average molecular weight is 410 g/mol. The molecule has 112 valence electrons. The fourth-order valence-corrected chi connectivity index (χ4v) is 3.62. The van der Waals surface area contributed by atoms with E-state index in [-0.39, 0.29) is 11.4 Å². The van der Waals surface area contributed by atoms with E-state index in [2.05, 4.69) is 20.7 Å². The highest BCUT2D eigenvalue weighted by atomic mass is 79.9. The van der Waals surface area contributed by atoms with Crippen LogP contribution in [0.5, 0.6) is 0 Å². The van der Waals surface area contributed by atoms with Gasteiger partial charge in [-0.3, -0.25) is 4.72 Å². The van der Waals surface area contributed by atoms with E-state index < -0.39 is 10.0 Å². The molecule has 8 heteroatoms. The first kappa shape index (κ1) is 16.6. The number of benzene rings is 2. The Hall–Kier alpha value is -0.790. The van der Waals surface area contributed by atoms with E-state index in [1.54, 1.807) is 12.1 Å². The third kappa shape index (κ3) is 3.90. The molecule has 0 aromatic heterocycles. The van der Waals surface area contributed by atoms with E-state index >= 15 is 0 Å². The molecule has 0 aliphatic carbocycles. The zero-order valence-corrected chi connectivity index (χ0v) is 14.5. The second-order valence-corrected chi connectivity index (χ2v) is 7.57. The number of nitrogens with one attached hydrogen (secondary N) is 1. The maximum absolute atomic E-state index is 12.4. The van der Waals surface area contributed by atoms with Crippen molar-refractivity contribution in [3.63, 3.8) is 0 Å². The Kier molecular flexibility index (Phi) is 5.16. The molecule has 3 N–H and O–H groups in total. The van der Waals surface area contributed by atoms with Crippen molar-refractivity contribution in [2.24, 2.45) is 5.73 Å². The fourth-order valence-electron chi connectivity index (χ4n) is 1.65. The molecule has 21 heavy (non-hydrogen) atoms. The van der Waals surface area contributed by atoms with Crippen LogP contribution in [0.25, 0.3) is 0 Å². The average Bonchev–Trinajstić information content (AvgIpc) is 2.43. The molecule has 2 aromatic rings. The van der Waals surface area contributed by atoms with Gasteiger partial charge in [0.2, 0.25) is 0 Å². The summed E-state index contributed by atoms with van der Waals surface area (Å²) in [5.41, 5.74) is 6.45. The number of hydrogen-bond acceptors (Lipinski definition) is 3. The SMILES string of the molecule is NCc1cc(S(=O)(=O)Nc2cc(Cl)ccc2Br)ccc1Cl. The summed E-state index contributed by atoms with van der Waals surface area (Å²) < 4.78 is 27.8. The van der Waals surface area contributed by atoms with Gasteiger partial charge >= 0.3 is 0 Å². The van der Waals surface area contributed by atoms with Gasteiger partial charge in [-0.25, -0.2) is 8.42 Å². The van der Waals surface area contributed by atoms with Crippen molar-refractivity contribution < 1.29 is 8.42 Å². The third-order valence-electron chi connectivity index (χ3n) is 2.72. The second-order valence-electron chi connectivity index (χ2n) is 4.19. The van der Waals surface area contributed by atoms with E-state index in [0.717, 1.165) is 0 Å². The summed E-state index contributed by atoms with van der Waals surface area (Å²) in [4.78, 5) is 0.0826. The molecule has 0 radical (unpaired) electrons. The lowest BCUT2D eigenvalue weighted by Gasteiger charge is -2.11. The van der Waals surface area contributed by atoms with Crippen LogP contribution in [-0.2, 0) is 16.6 Å². The van der Waals surface area contributed by atoms with E-state index in [0.29, 0.717) is 25.8 Å². The van der Waals surface area contributed by atoms with Gasteiger partial charge in [-0.1, -0.05) is 23.2 Å². The maximum atomic E-state index is 12.4. The standard InChI is InChI=1S/C13H11BrCl2N2O2S/c14-11-3-1-9(15)6-13(11)18-21(19,20)10-2-4-12(16)8(5-10)7-17/h1-6,18H,7,17H2. The van der Waals surface area contributed by atoms with Gasteiger partial charge in [0, 0.05) is 21.1 Å². The van der Waals surface area contributed by atoms with Crippen LogP contribution in [0, 0.1) is 0 Å². The zero-order valence-electron chi connectivity index (χ0n) is 10.6. The smallest absolute Gasteiger partial charge is 0.261 e. The minimum absolute atomic E-state index is 0.0826. The van der Waals surface area contributed by atoms with Crippen molar-refractivity contribution in [2.45, 2.75) is 11.4 Å². The Labute approximate surface area is 141 Å². The normalized spacial score (nSPS) is 11.4. The number of anilines is 1. The summed E-state index contributed by atoms with van der Waals surface area (Å²) in [7, 11) is -3.75. The van der Waals surface area contributed by atoms with Gasteiger partial charge < -0.3 is 5.73 Å². The lowest BCUT2D eigenvalue weighted by molar-refractivity contribution is 0.601. The van der Waals surface area contributed by atoms with Crippen LogP contribution in [0.3, 0.4) is 0 Å². The third-order valence-corrected chi connectivity index (χ3v) is 5.38. The molecule has 2 rings (SSSR count). The first-order chi connectivity index (χ1) is 9.83. The number of hydrogen-bond donors (Lipinski definition) is 2. The number of halogens is 3. The minimum atomic E-state index is -3.75. The molecule has 0 saturated heterocycles. The van der Waals surface area contributed by atoms with Gasteiger partial charge in [0.25, 0.3) is 10.0 Å². The summed E-state index contributed by atoms with van der Waals surface area (Å²) in [6.45, 7) is 0.156. The predicted octanol–water partition coefficient (Wildman–Crippen LogP) is 4.02. The molecule has 0 saturated carbocycles. The van der Waals surface area contributed by atoms with Gasteiger partial charge in [-0.15, -0.1) is 0 Å². The van der Waals surface area contributed by atoms with Crippen LogP contribution in [0.4, 0.5) is 5.69 Å². The van der Waals surface area contributed by atoms with E-state index in [1.807, 2.05) is 0 Å². The molecule has 0 aliphatic heterocycles. The first-order valence-corrected chi connectivity index (χ1v) is 8.83. The Morgan fingerprint density at radius 3 is 2.52 bits per heavy atom. The summed E-state index contributed by atoms with van der Waals surface area (Å²) >= 11 is 15.1. The molecule has 0 fully saturated rings. The Bertz CT molecular complexity index is 782. The van der Waals surface area contributed by atoms with Crippen LogP contribution in [-0.4, -0.2) is 8.42 Å². The van der Waals surface area contributed by atoms with Crippen molar-refractivity contribution in [2.75, 3.05) is 4.72 Å². The maximum Gasteiger partial charge on any atom is 0.261 e. The summed E-state index contributed by atoms with van der Waals surface area (Å²) in [5, 5.41) is 0.857. The Morgan fingerprint density at radius 1 is 1.14 bits per heavy atom. The predicted molar refractivity (Wildman–Crippen MR) is 89.3 cm³/mol. The van der Waals surface area contributed by atoms with Crippen LogP contribution in [0.2, 0.25) is 10.0 Å². The fraction of sp³-hybridized carbons (Fsp3) is 0.0769. The lowest BCUT2D eigenvalue weighted by Crippen LogP contribution is -2.14. The summed E-state index contributed by atoms with van der Waals surface area (Å²) in [6, 6.07) is 9.20. The van der Waals surface area contributed by atoms with E-state index in [1.165, 1.54) is 24.3 Å². The van der Waals surface area contributed by atoms with Crippen LogP contribution < -0.4 is 10.5 Å². The van der Waals surface area contributed by atoms with E-state index in [9.17, 15) is 8.42 Å². The molecule has 0 spiro atoms. The molecule has 4 nitrogen and oxygen atoms in total. The van der Waals surface area contributed by atoms with Crippen LogP contribution in [0.1, 0.15) is 5.56 Å². The zero-order chi connectivity index (χ0) is 15.6. The number of rotatable bonds is 4. The molecule has 0 unspecified atom stereocenters. The number of sulfonamides is 1. The highest BCUT2D eigenvalue weighted by Gasteiger charge is 2.17. The van der Waals surface area contributed by atoms with Gasteiger partial charge in [0.1, 0.15) is 0 Å². The Balaban J connectivity index is 2.41. The van der Waals surface area contributed by atoms with Gasteiger partial charge in [0.15, 0.2) is 0 Å². The van der Waals surface area contributed by atoms with Gasteiger partial charge in [0.05, 0.1) is 10.6 Å². The summed E-state index contributed by atoms with van der Waals surface area (Å²) in [5.74, 6) is 0. The van der Waals surface area contributed by atoms with E-state index in [4.69, 9.17) is 28.9 Å². The van der Waals surface area contributed by atoms with Crippen molar-refractivity contribution in [1.29, 1.82) is 0 Å². The molecule has 0 aliphatic rings. The molecule has 0 atom stereocenters. The molecule has 2 aromatic carbocycles. The van der Waals surface area contributed by atoms with Crippen LogP contribution >= 0.6 is 39.1 Å².